The highest BCUT2D eigenvalue weighted by Gasteiger charge is 2.48. The van der Waals surface area contributed by atoms with Crippen LogP contribution in [0.25, 0.3) is 0 Å². The van der Waals surface area contributed by atoms with Gasteiger partial charge in [0.2, 0.25) is 0 Å². The van der Waals surface area contributed by atoms with Gasteiger partial charge in [0.05, 0.1) is 16.6 Å². The number of furan rings is 1. The maximum absolute atomic E-state index is 13.9. The number of aliphatic hydroxyl groups excluding tert-OH is 1. The fourth-order valence-electron chi connectivity index (χ4n) is 3.50. The molecule has 3 aromatic rings. The molecule has 1 aromatic carbocycles. The van der Waals surface area contributed by atoms with E-state index in [4.69, 9.17) is 4.42 Å². The number of halogens is 5. The number of benzene rings is 1. The van der Waals surface area contributed by atoms with E-state index in [9.17, 15) is 23.1 Å². The number of aromatic nitrogens is 2. The van der Waals surface area contributed by atoms with Gasteiger partial charge in [0.1, 0.15) is 11.6 Å². The lowest BCUT2D eigenvalue weighted by atomic mass is 10.0. The van der Waals surface area contributed by atoms with Crippen LogP contribution in [0.3, 0.4) is 0 Å². The fourth-order valence-corrected chi connectivity index (χ4v) is 4.38. The minimum absolute atomic E-state index is 0.0268. The topological polar surface area (TPSA) is 92.3 Å². The molecule has 0 fully saturated rings. The normalized spacial score (nSPS) is 19.2. The molecule has 0 radical (unpaired) electrons. The van der Waals surface area contributed by atoms with Crippen molar-refractivity contribution in [1.82, 2.24) is 9.78 Å². The van der Waals surface area contributed by atoms with Crippen molar-refractivity contribution >= 4 is 49.3 Å². The van der Waals surface area contributed by atoms with Crippen molar-refractivity contribution in [3.8, 4) is 0 Å². The molecular weight excluding hydrogens is 561 g/mol. The van der Waals surface area contributed by atoms with Gasteiger partial charge in [-0.1, -0.05) is 12.1 Å². The largest absolute Gasteiger partial charge is 0.452 e. The van der Waals surface area contributed by atoms with Crippen LogP contribution < -0.4 is 10.6 Å². The van der Waals surface area contributed by atoms with Crippen LogP contribution in [0.2, 0.25) is 0 Å². The summed E-state index contributed by atoms with van der Waals surface area (Å²) < 4.78 is 48.3. The van der Waals surface area contributed by atoms with Gasteiger partial charge in [-0.3, -0.25) is 4.79 Å². The Morgan fingerprint density at radius 2 is 2.09 bits per heavy atom. The molecule has 1 aliphatic rings. The molecule has 1 aliphatic heterocycles. The number of hydrogen-bond donors (Lipinski definition) is 3. The SMILES string of the molecule is CC(O)c1cccc(NC(=O)c2nn3c(c2Br)N[C@@H](c2ccc(Br)o2)C[C@H]3C(F)(F)F)c1. The van der Waals surface area contributed by atoms with Gasteiger partial charge in [0, 0.05) is 12.1 Å². The van der Waals surface area contributed by atoms with E-state index in [0.29, 0.717) is 21.7 Å². The Labute approximate surface area is 197 Å². The predicted molar refractivity (Wildman–Crippen MR) is 117 cm³/mol. The van der Waals surface area contributed by atoms with Crippen molar-refractivity contribution in [3.05, 3.63) is 62.6 Å². The maximum atomic E-state index is 13.9. The molecule has 7 nitrogen and oxygen atoms in total. The van der Waals surface area contributed by atoms with E-state index < -0.39 is 30.3 Å². The first-order chi connectivity index (χ1) is 15.0. The lowest BCUT2D eigenvalue weighted by Gasteiger charge is -2.32. The van der Waals surface area contributed by atoms with Gasteiger partial charge < -0.3 is 20.2 Å². The number of rotatable bonds is 4. The molecule has 12 heteroatoms. The van der Waals surface area contributed by atoms with Crippen molar-refractivity contribution in [1.29, 1.82) is 0 Å². The molecule has 0 aliphatic carbocycles. The molecule has 3 heterocycles. The van der Waals surface area contributed by atoms with E-state index >= 15 is 0 Å². The summed E-state index contributed by atoms with van der Waals surface area (Å²) in [6, 6.07) is 6.98. The Hall–Kier alpha value is -2.31. The second-order valence-electron chi connectivity index (χ2n) is 7.34. The van der Waals surface area contributed by atoms with E-state index in [1.807, 2.05) is 0 Å². The molecule has 170 valence electrons. The molecular formula is C20H17Br2F3N4O3. The number of anilines is 2. The molecule has 0 saturated heterocycles. The molecule has 1 unspecified atom stereocenters. The Kier molecular flexibility index (Phi) is 6.12. The molecule has 2 aromatic heterocycles. The van der Waals surface area contributed by atoms with E-state index in [1.165, 1.54) is 0 Å². The lowest BCUT2D eigenvalue weighted by molar-refractivity contribution is -0.174. The van der Waals surface area contributed by atoms with Crippen LogP contribution in [-0.2, 0) is 0 Å². The van der Waals surface area contributed by atoms with E-state index in [0.717, 1.165) is 4.68 Å². The van der Waals surface area contributed by atoms with E-state index in [-0.39, 0.29) is 22.4 Å². The van der Waals surface area contributed by atoms with Gasteiger partial charge in [0.15, 0.2) is 16.4 Å². The smallest absolute Gasteiger partial charge is 0.410 e. The molecule has 32 heavy (non-hydrogen) atoms. The Bertz CT molecular complexity index is 1160. The summed E-state index contributed by atoms with van der Waals surface area (Å²) in [5.74, 6) is -0.341. The second kappa shape index (κ2) is 8.56. The second-order valence-corrected chi connectivity index (χ2v) is 8.92. The van der Waals surface area contributed by atoms with Crippen LogP contribution in [0.15, 0.2) is 50.0 Å². The Morgan fingerprint density at radius 1 is 1.34 bits per heavy atom. The van der Waals surface area contributed by atoms with Gasteiger partial charge in [-0.25, -0.2) is 4.68 Å². The number of aliphatic hydroxyl groups is 1. The summed E-state index contributed by atoms with van der Waals surface area (Å²) in [4.78, 5) is 12.8. The van der Waals surface area contributed by atoms with Crippen molar-refractivity contribution in [2.45, 2.75) is 37.7 Å². The summed E-state index contributed by atoms with van der Waals surface area (Å²) in [7, 11) is 0. The first-order valence-electron chi connectivity index (χ1n) is 9.50. The third kappa shape index (κ3) is 4.44. The fraction of sp³-hybridized carbons (Fsp3) is 0.300. The average Bonchev–Trinajstić information content (AvgIpc) is 3.30. The van der Waals surface area contributed by atoms with Crippen LogP contribution in [0.5, 0.6) is 0 Å². The number of alkyl halides is 3. The highest BCUT2D eigenvalue weighted by Crippen LogP contribution is 2.46. The number of amides is 1. The molecule has 0 bridgehead atoms. The van der Waals surface area contributed by atoms with Crippen molar-refractivity contribution in [2.24, 2.45) is 0 Å². The number of carbonyl (C=O) groups excluding carboxylic acids is 1. The maximum Gasteiger partial charge on any atom is 0.410 e. The number of nitrogens with zero attached hydrogens (tertiary/aromatic N) is 2. The number of hydrogen-bond acceptors (Lipinski definition) is 5. The van der Waals surface area contributed by atoms with Crippen LogP contribution in [0, 0.1) is 0 Å². The van der Waals surface area contributed by atoms with Crippen LogP contribution in [0.4, 0.5) is 24.7 Å². The van der Waals surface area contributed by atoms with Gasteiger partial charge in [-0.2, -0.15) is 18.3 Å². The zero-order chi connectivity index (χ0) is 23.2. The molecule has 3 N–H and O–H groups in total. The van der Waals surface area contributed by atoms with E-state index in [2.05, 4.69) is 47.6 Å². The molecule has 4 rings (SSSR count). The van der Waals surface area contributed by atoms with Crippen LogP contribution in [0.1, 0.15) is 53.3 Å². The third-order valence-electron chi connectivity index (χ3n) is 5.08. The highest BCUT2D eigenvalue weighted by molar-refractivity contribution is 9.10. The quantitative estimate of drug-likeness (QED) is 0.355. The molecule has 3 atom stereocenters. The highest BCUT2D eigenvalue weighted by atomic mass is 79.9. The zero-order valence-corrected chi connectivity index (χ0v) is 19.6. The summed E-state index contributed by atoms with van der Waals surface area (Å²) in [5.41, 5.74) is 0.757. The first kappa shape index (κ1) is 22.9. The van der Waals surface area contributed by atoms with Crippen LogP contribution in [-0.4, -0.2) is 27.0 Å². The van der Waals surface area contributed by atoms with Crippen molar-refractivity contribution < 1.29 is 27.5 Å². The number of fused-ring (bicyclic) bond motifs is 1. The van der Waals surface area contributed by atoms with Gasteiger partial charge in [-0.15, -0.1) is 0 Å². The van der Waals surface area contributed by atoms with Gasteiger partial charge in [0.25, 0.3) is 5.91 Å². The minimum atomic E-state index is -4.59. The number of nitrogens with one attached hydrogen (secondary N) is 2. The van der Waals surface area contributed by atoms with E-state index in [1.54, 1.807) is 43.3 Å². The summed E-state index contributed by atoms with van der Waals surface area (Å²) in [5, 5.41) is 19.3. The summed E-state index contributed by atoms with van der Waals surface area (Å²) in [6.45, 7) is 1.58. The molecule has 0 spiro atoms. The summed E-state index contributed by atoms with van der Waals surface area (Å²) >= 11 is 6.39. The molecule has 1 amide bonds. The standard InChI is InChI=1S/C20H17Br2F3N4O3/c1-9(30)10-3-2-4-11(7-10)26-19(31)17-16(22)18-27-12(13-5-6-15(21)32-13)8-14(20(23,24)25)29(18)28-17/h2-7,9,12,14,27,30H,8H2,1H3,(H,26,31)/t9?,12-,14+/m1/s1. The minimum Gasteiger partial charge on any atom is -0.452 e. The van der Waals surface area contributed by atoms with Gasteiger partial charge >= 0.3 is 6.18 Å². The van der Waals surface area contributed by atoms with Crippen molar-refractivity contribution in [2.75, 3.05) is 10.6 Å². The lowest BCUT2D eigenvalue weighted by Crippen LogP contribution is -2.35. The average molecular weight is 578 g/mol. The predicted octanol–water partition coefficient (Wildman–Crippen LogP) is 5.97. The van der Waals surface area contributed by atoms with Gasteiger partial charge in [-0.05, 0) is 68.6 Å². The monoisotopic (exact) mass is 576 g/mol. The first-order valence-corrected chi connectivity index (χ1v) is 11.1. The molecule has 0 saturated carbocycles. The zero-order valence-electron chi connectivity index (χ0n) is 16.5. The Balaban J connectivity index is 1.67. The third-order valence-corrected chi connectivity index (χ3v) is 6.25. The van der Waals surface area contributed by atoms with Crippen LogP contribution >= 0.6 is 31.9 Å². The number of carbonyl (C=O) groups is 1. The Morgan fingerprint density at radius 3 is 2.72 bits per heavy atom. The summed E-state index contributed by atoms with van der Waals surface area (Å²) in [6.07, 6.45) is -5.69. The van der Waals surface area contributed by atoms with Crippen molar-refractivity contribution in [3.63, 3.8) is 0 Å².